The average molecular weight is 396 g/mol. The van der Waals surface area contributed by atoms with Gasteiger partial charge in [-0.25, -0.2) is 4.52 Å². The molecule has 3 heterocycles. The molecule has 0 N–H and O–H groups in total. The molecule has 3 aromatic heterocycles. The summed E-state index contributed by atoms with van der Waals surface area (Å²) in [5, 5.41) is 14.1. The third-order valence-electron chi connectivity index (χ3n) is 5.00. The molecule has 0 aliphatic rings. The van der Waals surface area contributed by atoms with E-state index in [2.05, 4.69) is 24.0 Å². The van der Waals surface area contributed by atoms with Crippen LogP contribution in [0, 0.1) is 0 Å². The van der Waals surface area contributed by atoms with Crippen LogP contribution in [0.4, 0.5) is 0 Å². The number of hydrogen-bond acceptors (Lipinski definition) is 4. The van der Waals surface area contributed by atoms with E-state index >= 15 is 0 Å². The topological polar surface area (TPSA) is 65.1 Å². The first kappa shape index (κ1) is 18.6. The van der Waals surface area contributed by atoms with Crippen LogP contribution in [0.2, 0.25) is 5.02 Å². The number of halogens is 1. The first-order valence-corrected chi connectivity index (χ1v) is 10.0. The number of hydrogen-bond donors (Lipinski definition) is 0. The van der Waals surface area contributed by atoms with Gasteiger partial charge in [0.25, 0.3) is 5.56 Å². The van der Waals surface area contributed by atoms with Gasteiger partial charge in [0.1, 0.15) is 5.52 Å². The van der Waals surface area contributed by atoms with E-state index in [0.29, 0.717) is 28.2 Å². The van der Waals surface area contributed by atoms with E-state index in [-0.39, 0.29) is 5.56 Å². The molecule has 0 saturated heterocycles. The zero-order chi connectivity index (χ0) is 19.7. The predicted octanol–water partition coefficient (Wildman–Crippen LogP) is 4.51. The zero-order valence-electron chi connectivity index (χ0n) is 16.0. The van der Waals surface area contributed by atoms with Gasteiger partial charge in [0, 0.05) is 17.8 Å². The van der Waals surface area contributed by atoms with Gasteiger partial charge in [0.05, 0.1) is 11.3 Å². The van der Waals surface area contributed by atoms with Crippen molar-refractivity contribution < 1.29 is 0 Å². The second-order valence-electron chi connectivity index (χ2n) is 6.87. The fraction of sp³-hybridized carbons (Fsp3) is 0.333. The monoisotopic (exact) mass is 395 g/mol. The van der Waals surface area contributed by atoms with Crippen LogP contribution in [-0.4, -0.2) is 24.4 Å². The zero-order valence-corrected chi connectivity index (χ0v) is 16.8. The quantitative estimate of drug-likeness (QED) is 0.450. The molecule has 0 radical (unpaired) electrons. The largest absolute Gasteiger partial charge is 0.313 e. The molecule has 0 amide bonds. The van der Waals surface area contributed by atoms with Gasteiger partial charge in [-0.1, -0.05) is 50.4 Å². The summed E-state index contributed by atoms with van der Waals surface area (Å²) in [7, 11) is 0. The second-order valence-corrected chi connectivity index (χ2v) is 7.31. The van der Waals surface area contributed by atoms with Crippen molar-refractivity contribution in [2.45, 2.75) is 46.1 Å². The summed E-state index contributed by atoms with van der Waals surface area (Å²) in [5.41, 5.74) is 4.38. The van der Waals surface area contributed by atoms with Gasteiger partial charge < -0.3 is 4.57 Å². The van der Waals surface area contributed by atoms with E-state index in [4.69, 9.17) is 16.7 Å². The Hall–Kier alpha value is -2.73. The minimum atomic E-state index is -0.121. The van der Waals surface area contributed by atoms with Gasteiger partial charge in [0.2, 0.25) is 0 Å². The second kappa shape index (κ2) is 7.72. The van der Waals surface area contributed by atoms with Gasteiger partial charge in [0.15, 0.2) is 11.2 Å². The summed E-state index contributed by atoms with van der Waals surface area (Å²) in [6.07, 6.45) is 5.76. The molecule has 0 atom stereocenters. The van der Waals surface area contributed by atoms with Gasteiger partial charge in [-0.2, -0.15) is 5.10 Å². The Kier molecular flexibility index (Phi) is 5.13. The van der Waals surface area contributed by atoms with Gasteiger partial charge >= 0.3 is 0 Å². The lowest BCUT2D eigenvalue weighted by Gasteiger charge is -2.07. The fourth-order valence-corrected chi connectivity index (χ4v) is 3.62. The Morgan fingerprint density at radius 3 is 2.54 bits per heavy atom. The lowest BCUT2D eigenvalue weighted by molar-refractivity contribution is 0.589. The summed E-state index contributed by atoms with van der Waals surface area (Å²) in [6, 6.07) is 9.52. The third-order valence-corrected chi connectivity index (χ3v) is 5.25. The molecule has 0 spiro atoms. The number of rotatable bonds is 6. The minimum absolute atomic E-state index is 0.121. The van der Waals surface area contributed by atoms with Crippen molar-refractivity contribution in [3.8, 4) is 11.1 Å². The highest BCUT2D eigenvalue weighted by Crippen LogP contribution is 2.29. The number of nitrogens with zero attached hydrogens (tertiary/aromatic N) is 5. The van der Waals surface area contributed by atoms with Crippen LogP contribution in [0.1, 0.15) is 38.8 Å². The molecule has 0 aliphatic heterocycles. The number of fused-ring (bicyclic) bond motifs is 3. The van der Waals surface area contributed by atoms with Crippen molar-refractivity contribution in [1.29, 1.82) is 0 Å². The van der Waals surface area contributed by atoms with Crippen molar-refractivity contribution in [2.75, 3.05) is 0 Å². The van der Waals surface area contributed by atoms with Crippen molar-refractivity contribution in [3.05, 3.63) is 57.6 Å². The molecule has 0 bridgehead atoms. The Bertz CT molecular complexity index is 1190. The lowest BCUT2D eigenvalue weighted by atomic mass is 10.0. The maximum atomic E-state index is 12.8. The first-order valence-electron chi connectivity index (χ1n) is 9.67. The van der Waals surface area contributed by atoms with Crippen LogP contribution in [0.5, 0.6) is 0 Å². The van der Waals surface area contributed by atoms with Gasteiger partial charge in [-0.3, -0.25) is 4.79 Å². The highest BCUT2D eigenvalue weighted by Gasteiger charge is 2.18. The van der Waals surface area contributed by atoms with E-state index in [1.807, 2.05) is 36.5 Å². The molecule has 4 aromatic rings. The summed E-state index contributed by atoms with van der Waals surface area (Å²) >= 11 is 6.03. The Morgan fingerprint density at radius 2 is 1.82 bits per heavy atom. The van der Waals surface area contributed by atoms with E-state index in [1.54, 1.807) is 9.08 Å². The highest BCUT2D eigenvalue weighted by atomic mass is 35.5. The van der Waals surface area contributed by atoms with Crippen molar-refractivity contribution in [1.82, 2.24) is 24.4 Å². The number of benzene rings is 1. The molecule has 4 rings (SSSR count). The third kappa shape index (κ3) is 3.18. The summed E-state index contributed by atoms with van der Waals surface area (Å²) in [6.45, 7) is 4.89. The molecule has 0 saturated carbocycles. The van der Waals surface area contributed by atoms with E-state index in [1.165, 1.54) is 0 Å². The molecule has 0 unspecified atom stereocenters. The molecular weight excluding hydrogens is 374 g/mol. The normalized spacial score (nSPS) is 11.5. The van der Waals surface area contributed by atoms with E-state index in [9.17, 15) is 4.79 Å². The smallest absolute Gasteiger partial charge is 0.280 e. The fourth-order valence-electron chi connectivity index (χ4n) is 3.50. The van der Waals surface area contributed by atoms with Crippen LogP contribution in [0.15, 0.2) is 41.3 Å². The predicted molar refractivity (Wildman–Crippen MR) is 112 cm³/mol. The van der Waals surface area contributed by atoms with Crippen molar-refractivity contribution in [3.63, 3.8) is 0 Å². The minimum Gasteiger partial charge on any atom is -0.313 e. The summed E-state index contributed by atoms with van der Waals surface area (Å²) in [5.74, 6) is 0. The molecule has 0 fully saturated rings. The average Bonchev–Trinajstić information content (AvgIpc) is 3.09. The molecule has 0 aliphatic carbocycles. The van der Waals surface area contributed by atoms with Crippen LogP contribution in [0.25, 0.3) is 27.8 Å². The number of aryl methyl sites for hydroxylation is 2. The molecule has 6 nitrogen and oxygen atoms in total. The highest BCUT2D eigenvalue weighted by molar-refractivity contribution is 6.30. The standard InChI is InChI=1S/C21H22ClN5O/c1-3-5-6-12-26-13-11-17-19(21(26)28)23-24-20-18(16(4-2)25-27(17)20)14-7-9-15(22)10-8-14/h7-11,13H,3-6,12H2,1-2H3. The van der Waals surface area contributed by atoms with E-state index < -0.39 is 0 Å². The molecular formula is C21H22ClN5O. The maximum Gasteiger partial charge on any atom is 0.280 e. The van der Waals surface area contributed by atoms with Crippen molar-refractivity contribution >= 4 is 28.3 Å². The molecule has 28 heavy (non-hydrogen) atoms. The molecule has 7 heteroatoms. The Morgan fingerprint density at radius 1 is 1.04 bits per heavy atom. The van der Waals surface area contributed by atoms with Crippen LogP contribution in [0.3, 0.4) is 0 Å². The summed E-state index contributed by atoms with van der Waals surface area (Å²) < 4.78 is 3.45. The van der Waals surface area contributed by atoms with Crippen LogP contribution >= 0.6 is 11.6 Å². The van der Waals surface area contributed by atoms with Crippen LogP contribution < -0.4 is 5.56 Å². The van der Waals surface area contributed by atoms with Crippen LogP contribution in [-0.2, 0) is 13.0 Å². The van der Waals surface area contributed by atoms with Gasteiger partial charge in [-0.15, -0.1) is 10.2 Å². The molecule has 1 aromatic carbocycles. The summed E-state index contributed by atoms with van der Waals surface area (Å²) in [4.78, 5) is 12.8. The van der Waals surface area contributed by atoms with Gasteiger partial charge in [-0.05, 0) is 36.6 Å². The molecule has 144 valence electrons. The number of aromatic nitrogens is 5. The SMILES string of the molecule is CCCCCn1ccc2c(nnc3c(-c4ccc(Cl)cc4)c(CC)nn32)c1=O. The van der Waals surface area contributed by atoms with E-state index in [0.717, 1.165) is 42.5 Å². The lowest BCUT2D eigenvalue weighted by Crippen LogP contribution is -2.21. The Labute approximate surface area is 167 Å². The van der Waals surface area contributed by atoms with Crippen molar-refractivity contribution in [2.24, 2.45) is 0 Å². The first-order chi connectivity index (χ1) is 13.6. The Balaban J connectivity index is 1.90. The number of pyridine rings is 1. The maximum absolute atomic E-state index is 12.8. The number of unbranched alkanes of at least 4 members (excludes halogenated alkanes) is 2.